The molecule has 0 aromatic heterocycles. The Labute approximate surface area is 168 Å². The van der Waals surface area contributed by atoms with Gasteiger partial charge in [-0.2, -0.15) is 0 Å². The number of nitrogens with zero attached hydrogens (tertiary/aromatic N) is 3. The quantitative estimate of drug-likeness (QED) is 0.538. The summed E-state index contributed by atoms with van der Waals surface area (Å²) in [6, 6.07) is 11.1. The van der Waals surface area contributed by atoms with Gasteiger partial charge in [0.05, 0.1) is 17.7 Å². The molecule has 2 aromatic rings. The molecule has 0 aliphatic carbocycles. The van der Waals surface area contributed by atoms with Gasteiger partial charge in [0.2, 0.25) is 0 Å². The molecule has 3 rings (SSSR count). The van der Waals surface area contributed by atoms with Crippen LogP contribution in [0.15, 0.2) is 47.4 Å². The second kappa shape index (κ2) is 8.08. The molecule has 0 N–H and O–H groups in total. The van der Waals surface area contributed by atoms with Crippen LogP contribution in [0, 0.1) is 10.1 Å². The number of ether oxygens (including phenoxy) is 1. The number of sulfone groups is 1. The van der Waals surface area contributed by atoms with E-state index in [1.807, 2.05) is 24.3 Å². The van der Waals surface area contributed by atoms with Crippen LogP contribution < -0.4 is 9.64 Å². The summed E-state index contributed by atoms with van der Waals surface area (Å²) in [6.07, 6.45) is 0.897. The number of piperazine rings is 1. The fourth-order valence-electron chi connectivity index (χ4n) is 3.33. The molecule has 10 heteroatoms. The zero-order chi connectivity index (χ0) is 21.2. The number of methoxy groups -OCH3 is 1. The summed E-state index contributed by atoms with van der Waals surface area (Å²) in [7, 11) is -2.17. The van der Waals surface area contributed by atoms with Crippen LogP contribution in [-0.2, 0) is 9.84 Å². The van der Waals surface area contributed by atoms with Crippen molar-refractivity contribution in [1.82, 2.24) is 4.90 Å². The summed E-state index contributed by atoms with van der Waals surface area (Å²) in [5.74, 6) is 0.382. The highest BCUT2D eigenvalue weighted by Gasteiger charge is 2.28. The van der Waals surface area contributed by atoms with E-state index in [2.05, 4.69) is 4.90 Å². The molecule has 1 aliphatic heterocycles. The van der Waals surface area contributed by atoms with Gasteiger partial charge >= 0.3 is 0 Å². The van der Waals surface area contributed by atoms with Crippen LogP contribution in [0.4, 0.5) is 11.4 Å². The van der Waals surface area contributed by atoms with Crippen molar-refractivity contribution in [2.75, 3.05) is 44.4 Å². The maximum absolute atomic E-state index is 12.8. The topological polar surface area (TPSA) is 110 Å². The minimum atomic E-state index is -3.78. The summed E-state index contributed by atoms with van der Waals surface area (Å²) >= 11 is 0. The van der Waals surface area contributed by atoms with E-state index in [1.54, 1.807) is 12.0 Å². The molecule has 0 saturated carbocycles. The number of anilines is 1. The number of rotatable bonds is 5. The summed E-state index contributed by atoms with van der Waals surface area (Å²) in [5, 5.41) is 11.3. The zero-order valence-corrected chi connectivity index (χ0v) is 16.9. The van der Waals surface area contributed by atoms with Crippen molar-refractivity contribution in [3.05, 3.63) is 58.1 Å². The van der Waals surface area contributed by atoms with Gasteiger partial charge in [0.25, 0.3) is 11.6 Å². The van der Waals surface area contributed by atoms with E-state index < -0.39 is 25.3 Å². The van der Waals surface area contributed by atoms with Crippen LogP contribution in [-0.4, -0.2) is 63.7 Å². The van der Waals surface area contributed by atoms with E-state index in [4.69, 9.17) is 4.74 Å². The van der Waals surface area contributed by atoms with Crippen molar-refractivity contribution in [2.24, 2.45) is 0 Å². The second-order valence-corrected chi connectivity index (χ2v) is 8.65. The monoisotopic (exact) mass is 419 g/mol. The number of nitro benzene ring substituents is 1. The van der Waals surface area contributed by atoms with Gasteiger partial charge in [-0.25, -0.2) is 8.42 Å². The number of hydrogen-bond donors (Lipinski definition) is 0. The highest BCUT2D eigenvalue weighted by atomic mass is 32.2. The normalized spacial score (nSPS) is 14.6. The van der Waals surface area contributed by atoms with Gasteiger partial charge in [0.15, 0.2) is 9.84 Å². The highest BCUT2D eigenvalue weighted by Crippen LogP contribution is 2.29. The first kappa shape index (κ1) is 20.6. The van der Waals surface area contributed by atoms with Crippen LogP contribution in [0.25, 0.3) is 0 Å². The SMILES string of the molecule is COc1ccccc1N1CCN(C(=O)c2ccc(S(C)(=O)=O)c([N+](=O)[O-])c2)CC1. The number of carbonyl (C=O) groups is 1. The van der Waals surface area contributed by atoms with Gasteiger partial charge in [0.1, 0.15) is 10.6 Å². The first-order valence-electron chi connectivity index (χ1n) is 8.88. The molecule has 0 spiro atoms. The number of amides is 1. The van der Waals surface area contributed by atoms with Gasteiger partial charge in [-0.1, -0.05) is 12.1 Å². The number of para-hydroxylation sites is 2. The predicted molar refractivity (Wildman–Crippen MR) is 107 cm³/mol. The maximum atomic E-state index is 12.8. The maximum Gasteiger partial charge on any atom is 0.288 e. The van der Waals surface area contributed by atoms with Crippen LogP contribution >= 0.6 is 0 Å². The Bertz CT molecular complexity index is 1050. The summed E-state index contributed by atoms with van der Waals surface area (Å²) < 4.78 is 28.9. The molecule has 1 amide bonds. The first-order chi connectivity index (χ1) is 13.7. The molecule has 2 aromatic carbocycles. The number of carbonyl (C=O) groups excluding carboxylic acids is 1. The van der Waals surface area contributed by atoms with E-state index in [0.717, 1.165) is 29.8 Å². The summed E-state index contributed by atoms with van der Waals surface area (Å²) in [4.78, 5) is 26.6. The highest BCUT2D eigenvalue weighted by molar-refractivity contribution is 7.90. The van der Waals surface area contributed by atoms with Gasteiger partial charge in [-0.3, -0.25) is 14.9 Å². The van der Waals surface area contributed by atoms with Gasteiger partial charge in [0, 0.05) is 44.1 Å². The van der Waals surface area contributed by atoms with Crippen molar-refractivity contribution in [2.45, 2.75) is 4.90 Å². The average molecular weight is 419 g/mol. The number of benzene rings is 2. The molecule has 1 aliphatic rings. The van der Waals surface area contributed by atoms with Crippen LogP contribution in [0.2, 0.25) is 0 Å². The third-order valence-corrected chi connectivity index (χ3v) is 5.94. The van der Waals surface area contributed by atoms with Crippen molar-refractivity contribution in [3.63, 3.8) is 0 Å². The number of nitro groups is 1. The standard InChI is InChI=1S/C19H21N3O6S/c1-28-17-6-4-3-5-15(17)20-9-11-21(12-10-20)19(23)14-7-8-18(29(2,26)27)16(13-14)22(24)25/h3-8,13H,9-12H2,1-2H3. The molecule has 1 fully saturated rings. The average Bonchev–Trinajstić information content (AvgIpc) is 2.72. The Morgan fingerprint density at radius 3 is 2.34 bits per heavy atom. The summed E-state index contributed by atoms with van der Waals surface area (Å²) in [5.41, 5.74) is 0.441. The molecular formula is C19H21N3O6S. The van der Waals surface area contributed by atoms with E-state index in [-0.39, 0.29) is 11.5 Å². The first-order valence-corrected chi connectivity index (χ1v) is 10.8. The lowest BCUT2D eigenvalue weighted by Crippen LogP contribution is -2.48. The fraction of sp³-hybridized carbons (Fsp3) is 0.316. The minimum Gasteiger partial charge on any atom is -0.495 e. The lowest BCUT2D eigenvalue weighted by molar-refractivity contribution is -0.387. The lowest BCUT2D eigenvalue weighted by atomic mass is 10.1. The smallest absolute Gasteiger partial charge is 0.288 e. The van der Waals surface area contributed by atoms with Crippen molar-refractivity contribution in [1.29, 1.82) is 0 Å². The molecule has 0 unspecified atom stereocenters. The van der Waals surface area contributed by atoms with Crippen LogP contribution in [0.5, 0.6) is 5.75 Å². The Kier molecular flexibility index (Phi) is 5.73. The molecule has 1 heterocycles. The lowest BCUT2D eigenvalue weighted by Gasteiger charge is -2.36. The second-order valence-electron chi connectivity index (χ2n) is 6.66. The Morgan fingerprint density at radius 1 is 1.10 bits per heavy atom. The van der Waals surface area contributed by atoms with Gasteiger partial charge in [-0.15, -0.1) is 0 Å². The van der Waals surface area contributed by atoms with E-state index >= 15 is 0 Å². The third-order valence-electron chi connectivity index (χ3n) is 4.79. The molecule has 0 atom stereocenters. The largest absolute Gasteiger partial charge is 0.495 e. The minimum absolute atomic E-state index is 0.0924. The molecule has 9 nitrogen and oxygen atoms in total. The molecule has 1 saturated heterocycles. The van der Waals surface area contributed by atoms with Gasteiger partial charge < -0.3 is 14.5 Å². The fourth-order valence-corrected chi connectivity index (χ4v) is 4.16. The number of hydrogen-bond acceptors (Lipinski definition) is 7. The van der Waals surface area contributed by atoms with Crippen molar-refractivity contribution < 1.29 is 22.9 Å². The Hall–Kier alpha value is -3.14. The Balaban J connectivity index is 1.77. The van der Waals surface area contributed by atoms with E-state index in [0.29, 0.717) is 26.2 Å². The Morgan fingerprint density at radius 2 is 1.76 bits per heavy atom. The van der Waals surface area contributed by atoms with E-state index in [1.165, 1.54) is 6.07 Å². The molecule has 0 radical (unpaired) electrons. The molecule has 0 bridgehead atoms. The molecular weight excluding hydrogens is 398 g/mol. The zero-order valence-electron chi connectivity index (χ0n) is 16.1. The van der Waals surface area contributed by atoms with E-state index in [9.17, 15) is 23.3 Å². The van der Waals surface area contributed by atoms with Gasteiger partial charge in [-0.05, 0) is 24.3 Å². The third kappa shape index (κ3) is 4.32. The van der Waals surface area contributed by atoms with Crippen LogP contribution in [0.3, 0.4) is 0 Å². The molecule has 154 valence electrons. The van der Waals surface area contributed by atoms with Crippen molar-refractivity contribution in [3.8, 4) is 5.75 Å². The van der Waals surface area contributed by atoms with Crippen LogP contribution in [0.1, 0.15) is 10.4 Å². The summed E-state index contributed by atoms with van der Waals surface area (Å²) in [6.45, 7) is 2.02. The predicted octanol–water partition coefficient (Wildman–Crippen LogP) is 1.97. The van der Waals surface area contributed by atoms with Crippen molar-refractivity contribution >= 4 is 27.1 Å². The molecule has 29 heavy (non-hydrogen) atoms.